The number of guanidine groups is 1. The molecule has 0 aliphatic rings. The number of aromatic nitrogens is 3. The monoisotopic (exact) mass is 249 g/mol. The molecule has 0 aromatic carbocycles. The van der Waals surface area contributed by atoms with E-state index in [0.717, 1.165) is 5.69 Å². The lowest BCUT2D eigenvalue weighted by molar-refractivity contribution is 1.11. The van der Waals surface area contributed by atoms with Crippen molar-refractivity contribution in [2.45, 2.75) is 5.75 Å². The molecule has 0 fully saturated rings. The first kappa shape index (κ1) is 11.4. The fourth-order valence-corrected chi connectivity index (χ4v) is 1.83. The topological polar surface area (TPSA) is 118 Å². The van der Waals surface area contributed by atoms with Gasteiger partial charge in [0, 0.05) is 24.3 Å². The molecule has 2 rings (SSSR count). The van der Waals surface area contributed by atoms with Crippen LogP contribution in [0.1, 0.15) is 5.69 Å². The molecular weight excluding hydrogens is 238 g/mol. The average molecular weight is 249 g/mol. The van der Waals surface area contributed by atoms with Gasteiger partial charge in [-0.25, -0.2) is 9.97 Å². The minimum Gasteiger partial charge on any atom is -0.370 e. The molecule has 0 saturated heterocycles. The van der Waals surface area contributed by atoms with Gasteiger partial charge >= 0.3 is 0 Å². The van der Waals surface area contributed by atoms with E-state index in [0.29, 0.717) is 11.5 Å². The molecule has 0 aliphatic carbocycles. The molecule has 0 radical (unpaired) electrons. The van der Waals surface area contributed by atoms with Gasteiger partial charge in [0.2, 0.25) is 5.78 Å². The van der Waals surface area contributed by atoms with Crippen LogP contribution >= 0.6 is 11.8 Å². The van der Waals surface area contributed by atoms with Crippen LogP contribution in [-0.2, 0) is 5.75 Å². The molecule has 2 aromatic rings. The number of imidazole rings is 1. The number of fused-ring (bicyclic) bond motifs is 1. The minimum absolute atomic E-state index is 0.0648. The Morgan fingerprint density at radius 1 is 1.53 bits per heavy atom. The van der Waals surface area contributed by atoms with Crippen LogP contribution in [0.15, 0.2) is 29.6 Å². The molecule has 0 saturated carbocycles. The maximum atomic E-state index is 7.47. The summed E-state index contributed by atoms with van der Waals surface area (Å²) in [6.07, 6.45) is 5.41. The van der Waals surface area contributed by atoms with Crippen molar-refractivity contribution in [2.75, 3.05) is 0 Å². The van der Waals surface area contributed by atoms with Crippen LogP contribution in [0.25, 0.3) is 5.78 Å². The largest absolute Gasteiger partial charge is 0.370 e. The van der Waals surface area contributed by atoms with Gasteiger partial charge in [-0.05, 0) is 6.07 Å². The van der Waals surface area contributed by atoms with Crippen molar-refractivity contribution in [2.24, 2.45) is 16.5 Å². The van der Waals surface area contributed by atoms with Crippen molar-refractivity contribution in [3.63, 3.8) is 0 Å². The zero-order valence-corrected chi connectivity index (χ0v) is 9.68. The Morgan fingerprint density at radius 3 is 3.06 bits per heavy atom. The van der Waals surface area contributed by atoms with Gasteiger partial charge in [0.25, 0.3) is 0 Å². The molecule has 0 amide bonds. The normalized spacial score (nSPS) is 10.4. The number of hydrogen-bond acceptors (Lipinski definition) is 4. The summed E-state index contributed by atoms with van der Waals surface area (Å²) in [5, 5.41) is 7.53. The lowest BCUT2D eigenvalue weighted by Crippen LogP contribution is -2.23. The molecule has 0 unspecified atom stereocenters. The molecule has 17 heavy (non-hydrogen) atoms. The van der Waals surface area contributed by atoms with E-state index in [2.05, 4.69) is 15.0 Å². The first-order valence-corrected chi connectivity index (χ1v) is 5.73. The van der Waals surface area contributed by atoms with Crippen LogP contribution in [0, 0.1) is 5.41 Å². The lowest BCUT2D eigenvalue weighted by atomic mass is 10.6. The predicted octanol–water partition coefficient (Wildman–Crippen LogP) is 0.171. The van der Waals surface area contributed by atoms with Gasteiger partial charge in [0.1, 0.15) is 0 Å². The highest BCUT2D eigenvalue weighted by Crippen LogP contribution is 2.13. The number of thioether (sulfide) groups is 1. The number of nitrogens with two attached hydrogens (primary N) is 2. The third-order valence-corrected chi connectivity index (χ3v) is 2.68. The van der Waals surface area contributed by atoms with Gasteiger partial charge in [0.15, 0.2) is 11.1 Å². The van der Waals surface area contributed by atoms with Crippen molar-refractivity contribution in [3.8, 4) is 0 Å². The van der Waals surface area contributed by atoms with Crippen molar-refractivity contribution >= 4 is 28.7 Å². The maximum Gasteiger partial charge on any atom is 0.233 e. The van der Waals surface area contributed by atoms with Gasteiger partial charge in [-0.15, -0.1) is 0 Å². The van der Waals surface area contributed by atoms with Crippen molar-refractivity contribution in [1.29, 1.82) is 5.41 Å². The molecule has 0 bridgehead atoms. The number of nitrogens with one attached hydrogen (secondary N) is 1. The molecular formula is C9H11N7S. The molecule has 5 N–H and O–H groups in total. The molecule has 7 nitrogen and oxygen atoms in total. The van der Waals surface area contributed by atoms with E-state index in [1.54, 1.807) is 6.20 Å². The second-order valence-corrected chi connectivity index (χ2v) is 4.15. The summed E-state index contributed by atoms with van der Waals surface area (Å²) >= 11 is 1.21. The SMILES string of the molecule is N=C(N=C(N)N)SCc1cn2cccnc2n1. The van der Waals surface area contributed by atoms with Gasteiger partial charge in [-0.1, -0.05) is 11.8 Å². The molecule has 0 atom stereocenters. The average Bonchev–Trinajstić information content (AvgIpc) is 2.68. The highest BCUT2D eigenvalue weighted by atomic mass is 32.2. The summed E-state index contributed by atoms with van der Waals surface area (Å²) in [4.78, 5) is 12.0. The molecule has 2 aromatic heterocycles. The van der Waals surface area contributed by atoms with E-state index in [-0.39, 0.29) is 11.1 Å². The summed E-state index contributed by atoms with van der Waals surface area (Å²) in [7, 11) is 0. The van der Waals surface area contributed by atoms with Crippen LogP contribution in [0.4, 0.5) is 0 Å². The Hall–Kier alpha value is -2.09. The molecule has 2 heterocycles. The van der Waals surface area contributed by atoms with E-state index in [9.17, 15) is 0 Å². The smallest absolute Gasteiger partial charge is 0.233 e. The molecule has 88 valence electrons. The van der Waals surface area contributed by atoms with E-state index in [4.69, 9.17) is 16.9 Å². The van der Waals surface area contributed by atoms with E-state index in [1.807, 2.05) is 22.9 Å². The van der Waals surface area contributed by atoms with Crippen molar-refractivity contribution < 1.29 is 0 Å². The number of amidine groups is 1. The first-order chi connectivity index (χ1) is 8.15. The lowest BCUT2D eigenvalue weighted by Gasteiger charge is -1.95. The highest BCUT2D eigenvalue weighted by molar-refractivity contribution is 8.13. The third-order valence-electron chi connectivity index (χ3n) is 1.87. The summed E-state index contributed by atoms with van der Waals surface area (Å²) in [6, 6.07) is 1.83. The Bertz CT molecular complexity index is 536. The highest BCUT2D eigenvalue weighted by Gasteiger charge is 2.03. The predicted molar refractivity (Wildman–Crippen MR) is 67.8 cm³/mol. The number of nitrogens with zero attached hydrogens (tertiary/aromatic N) is 4. The van der Waals surface area contributed by atoms with Crippen LogP contribution in [0.2, 0.25) is 0 Å². The summed E-state index contributed by atoms with van der Waals surface area (Å²) in [5.41, 5.74) is 11.2. The fraction of sp³-hybridized carbons (Fsp3) is 0.111. The molecule has 8 heteroatoms. The summed E-state index contributed by atoms with van der Waals surface area (Å²) in [5.74, 6) is 1.05. The molecule has 0 aliphatic heterocycles. The zero-order chi connectivity index (χ0) is 12.3. The second kappa shape index (κ2) is 4.83. The fourth-order valence-electron chi connectivity index (χ4n) is 1.24. The molecule has 0 spiro atoms. The van der Waals surface area contributed by atoms with Crippen molar-refractivity contribution in [1.82, 2.24) is 14.4 Å². The van der Waals surface area contributed by atoms with Gasteiger partial charge in [-0.3, -0.25) is 9.81 Å². The maximum absolute atomic E-state index is 7.47. The van der Waals surface area contributed by atoms with Gasteiger partial charge in [0.05, 0.1) is 5.69 Å². The van der Waals surface area contributed by atoms with E-state index < -0.39 is 0 Å². The summed E-state index contributed by atoms with van der Waals surface area (Å²) in [6.45, 7) is 0. The Balaban J connectivity index is 2.04. The minimum atomic E-state index is -0.112. The number of aliphatic imine (C=N–C) groups is 1. The Labute approximate surface area is 101 Å². The van der Waals surface area contributed by atoms with Crippen LogP contribution in [0.3, 0.4) is 0 Å². The van der Waals surface area contributed by atoms with Crippen LogP contribution in [0.5, 0.6) is 0 Å². The summed E-state index contributed by atoms with van der Waals surface area (Å²) < 4.78 is 1.82. The van der Waals surface area contributed by atoms with Gasteiger partial charge in [-0.2, -0.15) is 4.99 Å². The van der Waals surface area contributed by atoms with Crippen LogP contribution in [-0.4, -0.2) is 25.5 Å². The number of hydrogen-bond donors (Lipinski definition) is 3. The zero-order valence-electron chi connectivity index (χ0n) is 8.87. The van der Waals surface area contributed by atoms with E-state index in [1.165, 1.54) is 11.8 Å². The first-order valence-electron chi connectivity index (χ1n) is 4.75. The van der Waals surface area contributed by atoms with Crippen molar-refractivity contribution in [3.05, 3.63) is 30.4 Å². The van der Waals surface area contributed by atoms with Gasteiger partial charge < -0.3 is 11.5 Å². The third kappa shape index (κ3) is 2.94. The quantitative estimate of drug-likeness (QED) is 0.518. The van der Waals surface area contributed by atoms with E-state index >= 15 is 0 Å². The Morgan fingerprint density at radius 2 is 2.35 bits per heavy atom. The Kier molecular flexibility index (Phi) is 3.24. The van der Waals surface area contributed by atoms with Crippen LogP contribution < -0.4 is 11.5 Å². The second-order valence-electron chi connectivity index (χ2n) is 3.19. The number of rotatable bonds is 2. The standard InChI is InChI=1S/C9H11N7S/c10-7(11)15-8(12)17-5-6-4-16-3-1-2-13-9(16)14-6/h1-4H,5H2,(H5,10,11,12,15).